The molecular formula is C13H13N3O3. The van der Waals surface area contributed by atoms with Crippen LogP contribution in [0.5, 0.6) is 0 Å². The molecule has 1 unspecified atom stereocenters. The molecule has 0 radical (unpaired) electrons. The van der Waals surface area contributed by atoms with Gasteiger partial charge in [-0.3, -0.25) is 9.78 Å². The molecule has 19 heavy (non-hydrogen) atoms. The van der Waals surface area contributed by atoms with Crippen molar-refractivity contribution in [2.75, 3.05) is 13.2 Å². The monoisotopic (exact) mass is 259 g/mol. The number of carbonyl (C=O) groups excluding carboxylic acids is 1. The summed E-state index contributed by atoms with van der Waals surface area (Å²) in [5.41, 5.74) is 1.63. The first-order chi connectivity index (χ1) is 9.25. The van der Waals surface area contributed by atoms with Crippen LogP contribution >= 0.6 is 0 Å². The second kappa shape index (κ2) is 4.89. The molecule has 1 aliphatic rings. The van der Waals surface area contributed by atoms with Gasteiger partial charge in [0.05, 0.1) is 13.2 Å². The number of Topliss-reactive ketones (excluding diaryl/α,β-unsaturated/α-hetero) is 1. The number of ether oxygens (including phenoxy) is 1. The Bertz CT molecular complexity index is 609. The number of hydrogen-bond acceptors (Lipinski definition) is 6. The van der Waals surface area contributed by atoms with Crippen molar-refractivity contribution in [1.29, 1.82) is 0 Å². The Morgan fingerprint density at radius 2 is 2.32 bits per heavy atom. The van der Waals surface area contributed by atoms with Gasteiger partial charge in [0.25, 0.3) is 0 Å². The van der Waals surface area contributed by atoms with Gasteiger partial charge >= 0.3 is 0 Å². The summed E-state index contributed by atoms with van der Waals surface area (Å²) in [7, 11) is 0. The number of aromatic nitrogens is 3. The van der Waals surface area contributed by atoms with Gasteiger partial charge in [-0.25, -0.2) is 0 Å². The molecule has 2 aromatic rings. The highest BCUT2D eigenvalue weighted by atomic mass is 16.5. The van der Waals surface area contributed by atoms with Crippen LogP contribution in [0.4, 0.5) is 0 Å². The minimum absolute atomic E-state index is 0.0826. The fourth-order valence-corrected chi connectivity index (χ4v) is 2.04. The Morgan fingerprint density at radius 3 is 3.11 bits per heavy atom. The third-order valence-electron chi connectivity index (χ3n) is 3.13. The third-order valence-corrected chi connectivity index (χ3v) is 3.13. The van der Waals surface area contributed by atoms with Gasteiger partial charge in [0.1, 0.15) is 17.4 Å². The van der Waals surface area contributed by atoms with E-state index in [0.29, 0.717) is 37.0 Å². The lowest BCUT2D eigenvalue weighted by Gasteiger charge is -2.16. The minimum atomic E-state index is -0.445. The van der Waals surface area contributed by atoms with Crippen LogP contribution in [-0.2, 0) is 9.53 Å². The summed E-state index contributed by atoms with van der Waals surface area (Å²) >= 11 is 0. The molecule has 1 atom stereocenters. The SMILES string of the molecule is Cc1cccnc1-c1noc(C2COCCC2=O)n1. The molecule has 0 bridgehead atoms. The van der Waals surface area contributed by atoms with E-state index in [2.05, 4.69) is 15.1 Å². The second-order valence-electron chi connectivity index (χ2n) is 4.47. The summed E-state index contributed by atoms with van der Waals surface area (Å²) in [4.78, 5) is 20.3. The Kier molecular flexibility index (Phi) is 3.08. The van der Waals surface area contributed by atoms with Gasteiger partial charge < -0.3 is 9.26 Å². The maximum Gasteiger partial charge on any atom is 0.239 e. The van der Waals surface area contributed by atoms with Crippen molar-refractivity contribution in [2.24, 2.45) is 0 Å². The fraction of sp³-hybridized carbons (Fsp3) is 0.385. The highest BCUT2D eigenvalue weighted by molar-refractivity contribution is 5.85. The Balaban J connectivity index is 1.91. The summed E-state index contributed by atoms with van der Waals surface area (Å²) in [5, 5.41) is 3.90. The number of rotatable bonds is 2. The molecule has 3 heterocycles. The van der Waals surface area contributed by atoms with Crippen LogP contribution in [0.3, 0.4) is 0 Å². The van der Waals surface area contributed by atoms with E-state index in [-0.39, 0.29) is 5.78 Å². The van der Waals surface area contributed by atoms with Crippen LogP contribution in [0.15, 0.2) is 22.9 Å². The van der Waals surface area contributed by atoms with E-state index in [0.717, 1.165) is 5.56 Å². The molecule has 0 aliphatic carbocycles. The highest BCUT2D eigenvalue weighted by Crippen LogP contribution is 2.24. The van der Waals surface area contributed by atoms with E-state index in [1.807, 2.05) is 19.1 Å². The van der Waals surface area contributed by atoms with E-state index in [1.54, 1.807) is 6.20 Å². The van der Waals surface area contributed by atoms with Gasteiger partial charge in [-0.1, -0.05) is 11.2 Å². The van der Waals surface area contributed by atoms with Crippen molar-refractivity contribution in [1.82, 2.24) is 15.1 Å². The molecular weight excluding hydrogens is 246 g/mol. The number of aryl methyl sites for hydroxylation is 1. The van der Waals surface area contributed by atoms with E-state index in [9.17, 15) is 4.79 Å². The summed E-state index contributed by atoms with van der Waals surface area (Å²) in [6, 6.07) is 3.77. The van der Waals surface area contributed by atoms with Crippen molar-refractivity contribution in [2.45, 2.75) is 19.3 Å². The standard InChI is InChI=1S/C13H13N3O3/c1-8-3-2-5-14-11(8)12-15-13(19-16-12)9-7-18-6-4-10(9)17/h2-3,5,9H,4,6-7H2,1H3. The minimum Gasteiger partial charge on any atom is -0.380 e. The Labute approximate surface area is 109 Å². The smallest absolute Gasteiger partial charge is 0.239 e. The summed E-state index contributed by atoms with van der Waals surface area (Å²) < 4.78 is 10.5. The number of hydrogen-bond donors (Lipinski definition) is 0. The second-order valence-corrected chi connectivity index (χ2v) is 4.47. The van der Waals surface area contributed by atoms with E-state index < -0.39 is 5.92 Å². The molecule has 1 fully saturated rings. The van der Waals surface area contributed by atoms with Crippen LogP contribution in [0.25, 0.3) is 11.5 Å². The third kappa shape index (κ3) is 2.26. The number of carbonyl (C=O) groups is 1. The molecule has 0 saturated carbocycles. The van der Waals surface area contributed by atoms with Gasteiger partial charge in [-0.05, 0) is 18.6 Å². The Hall–Kier alpha value is -2.08. The molecule has 0 spiro atoms. The van der Waals surface area contributed by atoms with Crippen LogP contribution < -0.4 is 0 Å². The zero-order chi connectivity index (χ0) is 13.2. The highest BCUT2D eigenvalue weighted by Gasteiger charge is 2.30. The maximum absolute atomic E-state index is 11.8. The average Bonchev–Trinajstić information content (AvgIpc) is 2.89. The van der Waals surface area contributed by atoms with Crippen LogP contribution in [0.1, 0.15) is 23.8 Å². The lowest BCUT2D eigenvalue weighted by molar-refractivity contribution is -0.127. The molecule has 1 aliphatic heterocycles. The van der Waals surface area contributed by atoms with Crippen molar-refractivity contribution >= 4 is 5.78 Å². The van der Waals surface area contributed by atoms with Crippen LogP contribution in [-0.4, -0.2) is 34.1 Å². The Morgan fingerprint density at radius 1 is 1.42 bits per heavy atom. The van der Waals surface area contributed by atoms with Gasteiger partial charge in [-0.15, -0.1) is 0 Å². The topological polar surface area (TPSA) is 78.1 Å². The first kappa shape index (κ1) is 12.0. The quantitative estimate of drug-likeness (QED) is 0.813. The molecule has 0 aromatic carbocycles. The summed E-state index contributed by atoms with van der Waals surface area (Å²) in [6.07, 6.45) is 2.07. The normalized spacial score (nSPS) is 19.6. The van der Waals surface area contributed by atoms with E-state index in [1.165, 1.54) is 0 Å². The van der Waals surface area contributed by atoms with Crippen molar-refractivity contribution < 1.29 is 14.1 Å². The first-order valence-electron chi connectivity index (χ1n) is 6.12. The fourth-order valence-electron chi connectivity index (χ4n) is 2.04. The van der Waals surface area contributed by atoms with Crippen molar-refractivity contribution in [3.05, 3.63) is 29.8 Å². The molecule has 98 valence electrons. The van der Waals surface area contributed by atoms with Gasteiger partial charge in [0.2, 0.25) is 11.7 Å². The molecule has 0 amide bonds. The zero-order valence-corrected chi connectivity index (χ0v) is 10.5. The molecule has 6 heteroatoms. The summed E-state index contributed by atoms with van der Waals surface area (Å²) in [5.74, 6) is 0.356. The van der Waals surface area contributed by atoms with Crippen LogP contribution in [0.2, 0.25) is 0 Å². The maximum atomic E-state index is 11.8. The zero-order valence-electron chi connectivity index (χ0n) is 10.5. The molecule has 1 saturated heterocycles. The lowest BCUT2D eigenvalue weighted by atomic mass is 10.0. The molecule has 0 N–H and O–H groups in total. The molecule has 3 rings (SSSR count). The predicted octanol–water partition coefficient (Wildman–Crippen LogP) is 1.51. The van der Waals surface area contributed by atoms with Crippen molar-refractivity contribution in [3.63, 3.8) is 0 Å². The number of pyridine rings is 1. The van der Waals surface area contributed by atoms with E-state index >= 15 is 0 Å². The predicted molar refractivity (Wildman–Crippen MR) is 65.5 cm³/mol. The van der Waals surface area contributed by atoms with Gasteiger partial charge in [0.15, 0.2) is 0 Å². The summed E-state index contributed by atoms with van der Waals surface area (Å²) in [6.45, 7) is 2.70. The number of ketones is 1. The van der Waals surface area contributed by atoms with Gasteiger partial charge in [0, 0.05) is 12.6 Å². The largest absolute Gasteiger partial charge is 0.380 e. The van der Waals surface area contributed by atoms with Crippen LogP contribution in [0, 0.1) is 6.92 Å². The van der Waals surface area contributed by atoms with Crippen molar-refractivity contribution in [3.8, 4) is 11.5 Å². The first-order valence-corrected chi connectivity index (χ1v) is 6.12. The van der Waals surface area contributed by atoms with E-state index in [4.69, 9.17) is 9.26 Å². The molecule has 6 nitrogen and oxygen atoms in total. The lowest BCUT2D eigenvalue weighted by Crippen LogP contribution is -2.25. The molecule has 2 aromatic heterocycles. The average molecular weight is 259 g/mol. The van der Waals surface area contributed by atoms with Gasteiger partial charge in [-0.2, -0.15) is 4.98 Å². The number of nitrogens with zero attached hydrogens (tertiary/aromatic N) is 3.